The number of nitrogens with zero attached hydrogens (tertiary/aromatic N) is 6. The number of halogens is 1. The number of hydrogen-bond acceptors (Lipinski definition) is 6. The van der Waals surface area contributed by atoms with E-state index >= 15 is 0 Å². The van der Waals surface area contributed by atoms with Crippen LogP contribution in [0.15, 0.2) is 59.9 Å². The second kappa shape index (κ2) is 8.50. The Balaban J connectivity index is 1.65. The van der Waals surface area contributed by atoms with Crippen LogP contribution in [0, 0.1) is 5.95 Å². The second-order valence-electron chi connectivity index (χ2n) is 7.45. The fourth-order valence-corrected chi connectivity index (χ4v) is 3.20. The van der Waals surface area contributed by atoms with Gasteiger partial charge in [-0.15, -0.1) is 10.2 Å². The first-order chi connectivity index (χ1) is 15.3. The Kier molecular flexibility index (Phi) is 5.59. The molecule has 0 unspecified atom stereocenters. The molecule has 4 aromatic heterocycles. The third-order valence-electron chi connectivity index (χ3n) is 4.84. The van der Waals surface area contributed by atoms with E-state index in [9.17, 15) is 14.0 Å². The lowest BCUT2D eigenvalue weighted by atomic mass is 10.1. The minimum Gasteiger partial charge on any atom is -0.317 e. The van der Waals surface area contributed by atoms with E-state index in [4.69, 9.17) is 0 Å². The summed E-state index contributed by atoms with van der Waals surface area (Å²) in [6.07, 6.45) is 4.52. The molecule has 4 rings (SSSR count). The van der Waals surface area contributed by atoms with Crippen molar-refractivity contribution in [3.8, 4) is 22.6 Å². The SMILES string of the molecule is CC(C)n1cnnc1-c1cccc(NC(=O)c2cc(-c3ccc(F)nc3)cn(C)c2=O)n1. The second-order valence-corrected chi connectivity index (χ2v) is 7.45. The van der Waals surface area contributed by atoms with Gasteiger partial charge in [0.1, 0.15) is 23.4 Å². The topological polar surface area (TPSA) is 108 Å². The number of aryl methyl sites for hydroxylation is 1. The summed E-state index contributed by atoms with van der Waals surface area (Å²) in [5, 5.41) is 10.7. The molecule has 0 aromatic carbocycles. The predicted molar refractivity (Wildman–Crippen MR) is 116 cm³/mol. The summed E-state index contributed by atoms with van der Waals surface area (Å²) in [5.41, 5.74) is 1.11. The fraction of sp³-hybridized carbons (Fsp3) is 0.182. The number of carbonyl (C=O) groups excluding carboxylic acids is 1. The van der Waals surface area contributed by atoms with Gasteiger partial charge in [0.15, 0.2) is 5.82 Å². The molecule has 0 aliphatic rings. The molecule has 162 valence electrons. The average molecular weight is 433 g/mol. The minimum atomic E-state index is -0.615. The third kappa shape index (κ3) is 4.15. The highest BCUT2D eigenvalue weighted by Crippen LogP contribution is 2.21. The number of anilines is 1. The Bertz CT molecular complexity index is 1340. The van der Waals surface area contributed by atoms with Gasteiger partial charge in [-0.05, 0) is 44.2 Å². The summed E-state index contributed by atoms with van der Waals surface area (Å²) in [6, 6.07) is 9.44. The molecule has 0 radical (unpaired) electrons. The van der Waals surface area contributed by atoms with Crippen LogP contribution in [-0.2, 0) is 7.05 Å². The van der Waals surface area contributed by atoms with Crippen LogP contribution in [0.2, 0.25) is 0 Å². The molecule has 0 bridgehead atoms. The van der Waals surface area contributed by atoms with Gasteiger partial charge < -0.3 is 14.5 Å². The molecule has 0 fully saturated rings. The number of hydrogen-bond donors (Lipinski definition) is 1. The lowest BCUT2D eigenvalue weighted by Crippen LogP contribution is -2.27. The van der Waals surface area contributed by atoms with Crippen molar-refractivity contribution in [1.29, 1.82) is 0 Å². The van der Waals surface area contributed by atoms with E-state index in [1.807, 2.05) is 18.4 Å². The van der Waals surface area contributed by atoms with E-state index < -0.39 is 17.4 Å². The smallest absolute Gasteiger partial charge is 0.263 e. The van der Waals surface area contributed by atoms with Crippen molar-refractivity contribution in [3.63, 3.8) is 0 Å². The number of pyridine rings is 3. The number of amides is 1. The number of aromatic nitrogens is 6. The molecule has 0 saturated heterocycles. The molecule has 4 aromatic rings. The lowest BCUT2D eigenvalue weighted by molar-refractivity contribution is 0.102. The Hall–Kier alpha value is -4.21. The molecular weight excluding hydrogens is 413 g/mol. The zero-order valence-electron chi connectivity index (χ0n) is 17.7. The molecule has 0 spiro atoms. The first-order valence-corrected chi connectivity index (χ1v) is 9.84. The quantitative estimate of drug-likeness (QED) is 0.485. The Labute approximate surface area is 182 Å². The van der Waals surface area contributed by atoms with Crippen molar-refractivity contribution in [2.45, 2.75) is 19.9 Å². The molecule has 32 heavy (non-hydrogen) atoms. The maximum absolute atomic E-state index is 13.2. The minimum absolute atomic E-state index is 0.0770. The Morgan fingerprint density at radius 2 is 1.97 bits per heavy atom. The van der Waals surface area contributed by atoms with Gasteiger partial charge in [0.2, 0.25) is 5.95 Å². The summed E-state index contributed by atoms with van der Waals surface area (Å²) < 4.78 is 16.3. The molecular formula is C22H20FN7O2. The first-order valence-electron chi connectivity index (χ1n) is 9.84. The average Bonchev–Trinajstić information content (AvgIpc) is 3.27. The van der Waals surface area contributed by atoms with Gasteiger partial charge in [-0.3, -0.25) is 9.59 Å². The molecule has 10 heteroatoms. The molecule has 0 aliphatic carbocycles. The largest absolute Gasteiger partial charge is 0.317 e. The maximum atomic E-state index is 13.2. The lowest BCUT2D eigenvalue weighted by Gasteiger charge is -2.11. The van der Waals surface area contributed by atoms with Crippen molar-refractivity contribution in [1.82, 2.24) is 29.3 Å². The molecule has 4 heterocycles. The van der Waals surface area contributed by atoms with Gasteiger partial charge in [0, 0.05) is 36.6 Å². The summed E-state index contributed by atoms with van der Waals surface area (Å²) in [6.45, 7) is 4.00. The summed E-state index contributed by atoms with van der Waals surface area (Å²) in [5.74, 6) is -0.396. The van der Waals surface area contributed by atoms with E-state index in [1.54, 1.807) is 30.7 Å². The number of nitrogens with one attached hydrogen (secondary N) is 1. The van der Waals surface area contributed by atoms with E-state index in [1.165, 1.54) is 36.0 Å². The molecule has 1 N–H and O–H groups in total. The van der Waals surface area contributed by atoms with Crippen molar-refractivity contribution < 1.29 is 9.18 Å². The predicted octanol–water partition coefficient (Wildman–Crippen LogP) is 3.07. The summed E-state index contributed by atoms with van der Waals surface area (Å²) >= 11 is 0. The van der Waals surface area contributed by atoms with Gasteiger partial charge in [0.05, 0.1) is 0 Å². The Morgan fingerprint density at radius 3 is 2.69 bits per heavy atom. The van der Waals surface area contributed by atoms with Gasteiger partial charge in [-0.2, -0.15) is 4.39 Å². The molecule has 9 nitrogen and oxygen atoms in total. The normalized spacial score (nSPS) is 11.0. The van der Waals surface area contributed by atoms with Crippen LogP contribution in [0.25, 0.3) is 22.6 Å². The maximum Gasteiger partial charge on any atom is 0.263 e. The first kappa shape index (κ1) is 21.0. The van der Waals surface area contributed by atoms with Gasteiger partial charge >= 0.3 is 0 Å². The highest BCUT2D eigenvalue weighted by molar-refractivity contribution is 6.04. The molecule has 1 amide bonds. The van der Waals surface area contributed by atoms with Crippen LogP contribution in [0.5, 0.6) is 0 Å². The van der Waals surface area contributed by atoms with Crippen molar-refractivity contribution >= 4 is 11.7 Å². The number of rotatable bonds is 5. The van der Waals surface area contributed by atoms with E-state index in [-0.39, 0.29) is 17.4 Å². The summed E-state index contributed by atoms with van der Waals surface area (Å²) in [7, 11) is 1.54. The summed E-state index contributed by atoms with van der Waals surface area (Å²) in [4.78, 5) is 33.6. The highest BCUT2D eigenvalue weighted by Gasteiger charge is 2.17. The van der Waals surface area contributed by atoms with Crippen LogP contribution in [0.1, 0.15) is 30.2 Å². The van der Waals surface area contributed by atoms with Crippen molar-refractivity contribution in [2.75, 3.05) is 5.32 Å². The molecule has 0 saturated carbocycles. The van der Waals surface area contributed by atoms with Crippen LogP contribution in [0.4, 0.5) is 10.2 Å². The van der Waals surface area contributed by atoms with Crippen LogP contribution in [-0.4, -0.2) is 35.2 Å². The molecule has 0 atom stereocenters. The number of carbonyl (C=O) groups is 1. The zero-order chi connectivity index (χ0) is 22.8. The zero-order valence-corrected chi connectivity index (χ0v) is 17.7. The van der Waals surface area contributed by atoms with Crippen LogP contribution >= 0.6 is 0 Å². The van der Waals surface area contributed by atoms with Gasteiger partial charge in [0.25, 0.3) is 11.5 Å². The third-order valence-corrected chi connectivity index (χ3v) is 4.84. The monoisotopic (exact) mass is 433 g/mol. The molecule has 0 aliphatic heterocycles. The van der Waals surface area contributed by atoms with E-state index in [0.29, 0.717) is 22.6 Å². The highest BCUT2D eigenvalue weighted by atomic mass is 19.1. The van der Waals surface area contributed by atoms with E-state index in [0.717, 1.165) is 0 Å². The van der Waals surface area contributed by atoms with Crippen molar-refractivity contribution in [2.24, 2.45) is 7.05 Å². The van der Waals surface area contributed by atoms with Gasteiger partial charge in [-0.25, -0.2) is 9.97 Å². The Morgan fingerprint density at radius 1 is 1.16 bits per heavy atom. The fourth-order valence-electron chi connectivity index (χ4n) is 3.20. The van der Waals surface area contributed by atoms with Gasteiger partial charge in [-0.1, -0.05) is 6.07 Å². The van der Waals surface area contributed by atoms with E-state index in [2.05, 4.69) is 25.5 Å². The van der Waals surface area contributed by atoms with Crippen molar-refractivity contribution in [3.05, 3.63) is 77.0 Å². The van der Waals surface area contributed by atoms with Crippen LogP contribution < -0.4 is 10.9 Å². The van der Waals surface area contributed by atoms with Crippen LogP contribution in [0.3, 0.4) is 0 Å². The standard InChI is InChI=1S/C22H20FN7O2/c1-13(2)30-12-25-28-20(30)17-5-4-6-19(26-17)27-21(31)16-9-15(11-29(3)22(16)32)14-7-8-18(23)24-10-14/h4-13H,1-3H3,(H,26,27,31).